The van der Waals surface area contributed by atoms with E-state index in [9.17, 15) is 13.9 Å². The van der Waals surface area contributed by atoms with Gasteiger partial charge in [0.05, 0.1) is 6.10 Å². The van der Waals surface area contributed by atoms with Crippen LogP contribution >= 0.6 is 11.8 Å². The number of halogens is 2. The van der Waals surface area contributed by atoms with Gasteiger partial charge in [0.15, 0.2) is 0 Å². The third-order valence-electron chi connectivity index (χ3n) is 2.84. The summed E-state index contributed by atoms with van der Waals surface area (Å²) in [7, 11) is 0. The number of rotatable bonds is 2. The van der Waals surface area contributed by atoms with Gasteiger partial charge < -0.3 is 5.11 Å². The Morgan fingerprint density at radius 2 is 1.94 bits per heavy atom. The molecule has 1 saturated carbocycles. The lowest BCUT2D eigenvalue weighted by molar-refractivity contribution is 0.137. The van der Waals surface area contributed by atoms with Gasteiger partial charge in [0.25, 0.3) is 0 Å². The molecule has 0 heterocycles. The first-order valence-electron chi connectivity index (χ1n) is 5.46. The molecule has 1 fully saturated rings. The fourth-order valence-corrected chi connectivity index (χ4v) is 3.17. The van der Waals surface area contributed by atoms with Gasteiger partial charge in [0.1, 0.15) is 11.6 Å². The van der Waals surface area contributed by atoms with E-state index in [0.29, 0.717) is 4.90 Å². The first kappa shape index (κ1) is 11.9. The van der Waals surface area contributed by atoms with Gasteiger partial charge in [-0.1, -0.05) is 12.8 Å². The second-order valence-corrected chi connectivity index (χ2v) is 5.36. The summed E-state index contributed by atoms with van der Waals surface area (Å²) in [5.74, 6) is -1.10. The van der Waals surface area contributed by atoms with Crippen LogP contribution in [-0.2, 0) is 0 Å². The van der Waals surface area contributed by atoms with E-state index in [1.165, 1.54) is 23.9 Å². The van der Waals surface area contributed by atoms with Crippen LogP contribution in [0.3, 0.4) is 0 Å². The maximum Gasteiger partial charge on any atom is 0.139 e. The molecule has 1 aliphatic carbocycles. The molecule has 0 aromatic heterocycles. The molecular formula is C12H14F2OS. The van der Waals surface area contributed by atoms with Crippen LogP contribution in [-0.4, -0.2) is 16.5 Å². The van der Waals surface area contributed by atoms with Crippen molar-refractivity contribution in [2.45, 2.75) is 41.9 Å². The molecule has 0 bridgehead atoms. The molecule has 1 aliphatic rings. The van der Waals surface area contributed by atoms with Crippen molar-refractivity contribution >= 4 is 11.8 Å². The Morgan fingerprint density at radius 3 is 2.62 bits per heavy atom. The van der Waals surface area contributed by atoms with Crippen LogP contribution in [0.5, 0.6) is 0 Å². The lowest BCUT2D eigenvalue weighted by atomic mass is 9.97. The van der Waals surface area contributed by atoms with Gasteiger partial charge in [-0.3, -0.25) is 0 Å². The largest absolute Gasteiger partial charge is 0.392 e. The summed E-state index contributed by atoms with van der Waals surface area (Å²) in [4.78, 5) is 0.423. The average molecular weight is 244 g/mol. The van der Waals surface area contributed by atoms with E-state index in [1.807, 2.05) is 0 Å². The fourth-order valence-electron chi connectivity index (χ4n) is 1.95. The normalized spacial score (nSPS) is 25.7. The predicted molar refractivity (Wildman–Crippen MR) is 60.5 cm³/mol. The standard InChI is InChI=1S/C12H14F2OS/c13-8-5-6-11(9(14)7-8)16-12-4-2-1-3-10(12)15/h5-7,10,12,15H,1-4H2. The Hall–Kier alpha value is -0.610. The number of hydrogen-bond donors (Lipinski definition) is 1. The SMILES string of the molecule is OC1CCCCC1Sc1ccc(F)cc1F. The van der Waals surface area contributed by atoms with Crippen molar-refractivity contribution in [3.8, 4) is 0 Å². The van der Waals surface area contributed by atoms with Crippen LogP contribution < -0.4 is 0 Å². The second kappa shape index (κ2) is 5.15. The summed E-state index contributed by atoms with van der Waals surface area (Å²) >= 11 is 1.32. The zero-order valence-electron chi connectivity index (χ0n) is 8.83. The van der Waals surface area contributed by atoms with E-state index in [0.717, 1.165) is 31.7 Å². The highest BCUT2D eigenvalue weighted by atomic mass is 32.2. The van der Waals surface area contributed by atoms with E-state index in [-0.39, 0.29) is 11.4 Å². The third-order valence-corrected chi connectivity index (χ3v) is 4.28. The lowest BCUT2D eigenvalue weighted by Gasteiger charge is -2.26. The molecule has 1 aromatic carbocycles. The number of hydrogen-bond acceptors (Lipinski definition) is 2. The third kappa shape index (κ3) is 2.74. The number of aliphatic hydroxyl groups is 1. The molecule has 0 amide bonds. The molecule has 0 aliphatic heterocycles. The van der Waals surface area contributed by atoms with E-state index in [2.05, 4.69) is 0 Å². The van der Waals surface area contributed by atoms with Crippen molar-refractivity contribution < 1.29 is 13.9 Å². The van der Waals surface area contributed by atoms with Crippen LogP contribution in [0.1, 0.15) is 25.7 Å². The monoisotopic (exact) mass is 244 g/mol. The van der Waals surface area contributed by atoms with Gasteiger partial charge in [-0.15, -0.1) is 11.8 Å². The average Bonchev–Trinajstić information content (AvgIpc) is 2.25. The van der Waals surface area contributed by atoms with Crippen molar-refractivity contribution in [3.05, 3.63) is 29.8 Å². The van der Waals surface area contributed by atoms with Gasteiger partial charge in [-0.2, -0.15) is 0 Å². The molecule has 2 atom stereocenters. The number of thioether (sulfide) groups is 1. The fraction of sp³-hybridized carbons (Fsp3) is 0.500. The Labute approximate surface area is 97.9 Å². The molecule has 2 rings (SSSR count). The molecule has 0 saturated heterocycles. The molecular weight excluding hydrogens is 230 g/mol. The molecule has 0 radical (unpaired) electrons. The molecule has 1 aromatic rings. The highest BCUT2D eigenvalue weighted by Crippen LogP contribution is 2.35. The molecule has 2 unspecified atom stereocenters. The van der Waals surface area contributed by atoms with Crippen LogP contribution in [0.2, 0.25) is 0 Å². The Morgan fingerprint density at radius 1 is 1.19 bits per heavy atom. The summed E-state index contributed by atoms with van der Waals surface area (Å²) < 4.78 is 26.1. The minimum absolute atomic E-state index is 0.0358. The summed E-state index contributed by atoms with van der Waals surface area (Å²) in [6.45, 7) is 0. The van der Waals surface area contributed by atoms with Gasteiger partial charge in [-0.05, 0) is 25.0 Å². The first-order chi connectivity index (χ1) is 7.66. The van der Waals surface area contributed by atoms with E-state index < -0.39 is 11.6 Å². The molecule has 4 heteroatoms. The zero-order chi connectivity index (χ0) is 11.5. The lowest BCUT2D eigenvalue weighted by Crippen LogP contribution is -2.26. The van der Waals surface area contributed by atoms with Gasteiger partial charge in [0.2, 0.25) is 0 Å². The molecule has 1 N–H and O–H groups in total. The Kier molecular flexibility index (Phi) is 3.82. The maximum absolute atomic E-state index is 13.4. The number of benzene rings is 1. The first-order valence-corrected chi connectivity index (χ1v) is 6.34. The Balaban J connectivity index is 2.07. The molecule has 1 nitrogen and oxygen atoms in total. The van der Waals surface area contributed by atoms with Crippen molar-refractivity contribution in [2.24, 2.45) is 0 Å². The van der Waals surface area contributed by atoms with E-state index >= 15 is 0 Å². The number of aliphatic hydroxyl groups excluding tert-OH is 1. The van der Waals surface area contributed by atoms with Crippen molar-refractivity contribution in [3.63, 3.8) is 0 Å². The summed E-state index contributed by atoms with van der Waals surface area (Å²) in [5.41, 5.74) is 0. The van der Waals surface area contributed by atoms with Crippen LogP contribution in [0.4, 0.5) is 8.78 Å². The molecule has 16 heavy (non-hydrogen) atoms. The van der Waals surface area contributed by atoms with Crippen LogP contribution in [0, 0.1) is 11.6 Å². The smallest absolute Gasteiger partial charge is 0.139 e. The van der Waals surface area contributed by atoms with Crippen molar-refractivity contribution in [1.82, 2.24) is 0 Å². The quantitative estimate of drug-likeness (QED) is 0.860. The second-order valence-electron chi connectivity index (χ2n) is 4.08. The van der Waals surface area contributed by atoms with Gasteiger partial charge in [-0.25, -0.2) is 8.78 Å². The molecule has 88 valence electrons. The summed E-state index contributed by atoms with van der Waals surface area (Å²) in [6, 6.07) is 3.58. The topological polar surface area (TPSA) is 20.2 Å². The Bertz CT molecular complexity index is 370. The summed E-state index contributed by atoms with van der Waals surface area (Å²) in [5, 5.41) is 9.79. The highest BCUT2D eigenvalue weighted by Gasteiger charge is 2.24. The van der Waals surface area contributed by atoms with Gasteiger partial charge >= 0.3 is 0 Å². The predicted octanol–water partition coefficient (Wildman–Crippen LogP) is 3.36. The van der Waals surface area contributed by atoms with E-state index in [4.69, 9.17) is 0 Å². The van der Waals surface area contributed by atoms with Crippen molar-refractivity contribution in [1.29, 1.82) is 0 Å². The highest BCUT2D eigenvalue weighted by molar-refractivity contribution is 8.00. The van der Waals surface area contributed by atoms with Crippen LogP contribution in [0.15, 0.2) is 23.1 Å². The summed E-state index contributed by atoms with van der Waals surface area (Å²) in [6.07, 6.45) is 3.40. The van der Waals surface area contributed by atoms with Gasteiger partial charge in [0, 0.05) is 16.2 Å². The minimum Gasteiger partial charge on any atom is -0.392 e. The maximum atomic E-state index is 13.4. The van der Waals surface area contributed by atoms with E-state index in [1.54, 1.807) is 0 Å². The van der Waals surface area contributed by atoms with Crippen LogP contribution in [0.25, 0.3) is 0 Å². The zero-order valence-corrected chi connectivity index (χ0v) is 9.64. The molecule has 0 spiro atoms. The van der Waals surface area contributed by atoms with Crippen molar-refractivity contribution in [2.75, 3.05) is 0 Å². The minimum atomic E-state index is -0.564.